The molecule has 0 amide bonds. The number of carbonyl (C=O) groups is 1. The second kappa shape index (κ2) is 6.22. The summed E-state index contributed by atoms with van der Waals surface area (Å²) in [5, 5.41) is 19.2. The summed E-state index contributed by atoms with van der Waals surface area (Å²) in [7, 11) is 0. The Morgan fingerprint density at radius 3 is 2.63 bits per heavy atom. The number of aliphatic hydroxyl groups is 1. The molecule has 0 aromatic heterocycles. The third-order valence-corrected chi connectivity index (χ3v) is 4.13. The minimum absolute atomic E-state index is 0.130. The first-order chi connectivity index (χ1) is 8.91. The van der Waals surface area contributed by atoms with Gasteiger partial charge in [0.2, 0.25) is 0 Å². The van der Waals surface area contributed by atoms with Gasteiger partial charge in [0.25, 0.3) is 0 Å². The lowest BCUT2D eigenvalue weighted by atomic mass is 9.66. The van der Waals surface area contributed by atoms with E-state index in [-0.39, 0.29) is 17.3 Å². The van der Waals surface area contributed by atoms with Gasteiger partial charge in [-0.2, -0.15) is 0 Å². The van der Waals surface area contributed by atoms with E-state index >= 15 is 0 Å². The highest BCUT2D eigenvalue weighted by Crippen LogP contribution is 2.45. The Hall–Kier alpha value is -1.32. The molecule has 0 saturated carbocycles. The minimum Gasteiger partial charge on any atom is -0.508 e. The van der Waals surface area contributed by atoms with E-state index in [2.05, 4.69) is 0 Å². The van der Waals surface area contributed by atoms with Gasteiger partial charge in [0.15, 0.2) is 0 Å². The Labute approximate surface area is 113 Å². The molecule has 19 heavy (non-hydrogen) atoms. The number of aliphatic carboxylic acids is 1. The van der Waals surface area contributed by atoms with Gasteiger partial charge in [0.1, 0.15) is 17.3 Å². The van der Waals surface area contributed by atoms with Crippen molar-refractivity contribution < 1.29 is 19.4 Å². The van der Waals surface area contributed by atoms with Crippen LogP contribution >= 0.6 is 0 Å². The number of unbranched alkanes of at least 4 members (excludes halogenated alkanes) is 1. The highest BCUT2D eigenvalue weighted by Gasteiger charge is 2.51. The molecule has 3 unspecified atom stereocenters. The molecule has 0 radical (unpaired) electrons. The number of carboxylic acids is 1. The van der Waals surface area contributed by atoms with Crippen LogP contribution in [0.5, 0.6) is 0 Å². The van der Waals surface area contributed by atoms with Crippen molar-refractivity contribution in [2.24, 2.45) is 11.3 Å². The van der Waals surface area contributed by atoms with Gasteiger partial charge in [-0.25, -0.2) is 4.39 Å². The van der Waals surface area contributed by atoms with Crippen molar-refractivity contribution in [2.45, 2.75) is 52.6 Å². The highest BCUT2D eigenvalue weighted by atomic mass is 19.1. The second-order valence-electron chi connectivity index (χ2n) is 5.24. The minimum atomic E-state index is -1.66. The maximum absolute atomic E-state index is 14.7. The summed E-state index contributed by atoms with van der Waals surface area (Å²) in [6.07, 6.45) is 3.79. The van der Waals surface area contributed by atoms with Gasteiger partial charge in [-0.3, -0.25) is 4.79 Å². The summed E-state index contributed by atoms with van der Waals surface area (Å²) >= 11 is 0. The molecule has 0 bridgehead atoms. The van der Waals surface area contributed by atoms with Crippen LogP contribution in [0.4, 0.5) is 4.39 Å². The van der Waals surface area contributed by atoms with E-state index in [0.717, 1.165) is 12.8 Å². The van der Waals surface area contributed by atoms with Crippen LogP contribution in [0.1, 0.15) is 46.5 Å². The number of alkyl halides is 1. The molecule has 0 aliphatic heterocycles. The van der Waals surface area contributed by atoms with Gasteiger partial charge in [0.05, 0.1) is 0 Å². The van der Waals surface area contributed by atoms with Gasteiger partial charge in [-0.1, -0.05) is 39.7 Å². The zero-order chi connectivity index (χ0) is 14.6. The standard InChI is InChI=1S/C15H23FO3/c1-4-6-7-10(3)15(14(18)19)9-8-12(17)11(5-2)13(15)16/h8-10,13,17H,4-7H2,1-3H3,(H,18,19). The Balaban J connectivity index is 3.16. The fraction of sp³-hybridized carbons (Fsp3) is 0.667. The quantitative estimate of drug-likeness (QED) is 0.766. The molecule has 108 valence electrons. The smallest absolute Gasteiger partial charge is 0.317 e. The summed E-state index contributed by atoms with van der Waals surface area (Å²) < 4.78 is 14.7. The zero-order valence-corrected chi connectivity index (χ0v) is 11.8. The van der Waals surface area contributed by atoms with Crippen molar-refractivity contribution in [1.82, 2.24) is 0 Å². The summed E-state index contributed by atoms with van der Waals surface area (Å²) in [4.78, 5) is 11.7. The van der Waals surface area contributed by atoms with Gasteiger partial charge in [-0.05, 0) is 24.8 Å². The maximum atomic E-state index is 14.7. The molecule has 4 heteroatoms. The van der Waals surface area contributed by atoms with Crippen LogP contribution in [0, 0.1) is 11.3 Å². The third kappa shape index (κ3) is 2.67. The Morgan fingerprint density at radius 1 is 1.53 bits per heavy atom. The van der Waals surface area contributed by atoms with Crippen molar-refractivity contribution in [2.75, 3.05) is 0 Å². The largest absolute Gasteiger partial charge is 0.508 e. The van der Waals surface area contributed by atoms with E-state index in [9.17, 15) is 19.4 Å². The zero-order valence-electron chi connectivity index (χ0n) is 11.8. The molecular formula is C15H23FO3. The van der Waals surface area contributed by atoms with E-state index in [1.165, 1.54) is 12.2 Å². The predicted molar refractivity (Wildman–Crippen MR) is 72.7 cm³/mol. The lowest BCUT2D eigenvalue weighted by Crippen LogP contribution is -2.46. The number of halogens is 1. The van der Waals surface area contributed by atoms with E-state index in [0.29, 0.717) is 12.8 Å². The van der Waals surface area contributed by atoms with E-state index in [1.807, 2.05) is 6.92 Å². The SMILES string of the molecule is CCCCC(C)C1(C(=O)O)C=CC(O)=C(CC)C1F. The summed E-state index contributed by atoms with van der Waals surface area (Å²) in [5.41, 5.74) is -1.36. The molecule has 2 N–H and O–H groups in total. The monoisotopic (exact) mass is 270 g/mol. The molecule has 0 saturated heterocycles. The number of aliphatic hydroxyl groups excluding tert-OH is 1. The van der Waals surface area contributed by atoms with Crippen LogP contribution in [0.15, 0.2) is 23.5 Å². The molecule has 0 heterocycles. The summed E-state index contributed by atoms with van der Waals surface area (Å²) in [5.74, 6) is -1.60. The Morgan fingerprint density at radius 2 is 2.16 bits per heavy atom. The topological polar surface area (TPSA) is 57.5 Å². The van der Waals surface area contributed by atoms with Crippen LogP contribution in [0.25, 0.3) is 0 Å². The molecule has 0 aromatic carbocycles. The second-order valence-corrected chi connectivity index (χ2v) is 5.24. The number of hydrogen-bond donors (Lipinski definition) is 2. The van der Waals surface area contributed by atoms with Crippen LogP contribution < -0.4 is 0 Å². The van der Waals surface area contributed by atoms with Gasteiger partial charge >= 0.3 is 5.97 Å². The van der Waals surface area contributed by atoms with E-state index in [4.69, 9.17) is 0 Å². The Bertz CT molecular complexity index is 400. The first-order valence-corrected chi connectivity index (χ1v) is 6.90. The lowest BCUT2D eigenvalue weighted by Gasteiger charge is -2.38. The third-order valence-electron chi connectivity index (χ3n) is 4.13. The molecule has 1 aliphatic rings. The van der Waals surface area contributed by atoms with Crippen molar-refractivity contribution in [3.8, 4) is 0 Å². The lowest BCUT2D eigenvalue weighted by molar-refractivity contribution is -0.152. The number of carboxylic acid groups (broad SMARTS) is 1. The fourth-order valence-corrected chi connectivity index (χ4v) is 2.74. The predicted octanol–water partition coefficient (Wildman–Crippen LogP) is 4.01. The highest BCUT2D eigenvalue weighted by molar-refractivity contribution is 5.80. The van der Waals surface area contributed by atoms with Crippen LogP contribution in [-0.2, 0) is 4.79 Å². The van der Waals surface area contributed by atoms with E-state index < -0.39 is 17.6 Å². The van der Waals surface area contributed by atoms with Gasteiger partial charge < -0.3 is 10.2 Å². The van der Waals surface area contributed by atoms with Crippen molar-refractivity contribution >= 4 is 5.97 Å². The fourth-order valence-electron chi connectivity index (χ4n) is 2.74. The molecule has 3 atom stereocenters. The van der Waals surface area contributed by atoms with Crippen LogP contribution in [0.2, 0.25) is 0 Å². The van der Waals surface area contributed by atoms with Gasteiger partial charge in [0, 0.05) is 5.57 Å². The summed E-state index contributed by atoms with van der Waals surface area (Å²) in [6.45, 7) is 5.52. The molecule has 1 aliphatic carbocycles. The normalized spacial score (nSPS) is 28.5. The average molecular weight is 270 g/mol. The number of hydrogen-bond acceptors (Lipinski definition) is 2. The molecular weight excluding hydrogens is 247 g/mol. The first kappa shape index (κ1) is 15.7. The van der Waals surface area contributed by atoms with Gasteiger partial charge in [-0.15, -0.1) is 0 Å². The number of rotatable bonds is 6. The number of allylic oxidation sites excluding steroid dienone is 2. The van der Waals surface area contributed by atoms with Crippen LogP contribution in [-0.4, -0.2) is 22.4 Å². The molecule has 0 aromatic rings. The summed E-state index contributed by atoms with van der Waals surface area (Å²) in [6, 6.07) is 0. The van der Waals surface area contributed by atoms with Crippen LogP contribution in [0.3, 0.4) is 0 Å². The first-order valence-electron chi connectivity index (χ1n) is 6.90. The molecule has 3 nitrogen and oxygen atoms in total. The Kier molecular flexibility index (Phi) is 5.15. The molecule has 0 spiro atoms. The average Bonchev–Trinajstić information content (AvgIpc) is 2.36. The van der Waals surface area contributed by atoms with Crippen molar-refractivity contribution in [3.05, 3.63) is 23.5 Å². The molecule has 0 fully saturated rings. The van der Waals surface area contributed by atoms with E-state index in [1.54, 1.807) is 13.8 Å². The molecule has 1 rings (SSSR count). The van der Waals surface area contributed by atoms with Crippen molar-refractivity contribution in [3.63, 3.8) is 0 Å². The maximum Gasteiger partial charge on any atom is 0.317 e. The van der Waals surface area contributed by atoms with Crippen molar-refractivity contribution in [1.29, 1.82) is 0 Å².